The van der Waals surface area contributed by atoms with E-state index in [-0.39, 0.29) is 33.5 Å². The van der Waals surface area contributed by atoms with Crippen LogP contribution >= 0.6 is 11.6 Å². The lowest BCUT2D eigenvalue weighted by molar-refractivity contribution is -0.384. The number of nitrogens with zero attached hydrogens (tertiary/aromatic N) is 2. The van der Waals surface area contributed by atoms with E-state index in [4.69, 9.17) is 26.2 Å². The number of ether oxygens (including phenoxy) is 2. The SMILES string of the molecule is COc1cc(/C=C(\C#N)C(=O)Nc2cc([N+](=O)[O-])ccc2Cl)ccc1OCC(=O)O. The molecule has 0 aromatic heterocycles. The van der Waals surface area contributed by atoms with Gasteiger partial charge in [-0.05, 0) is 29.8 Å². The van der Waals surface area contributed by atoms with Crippen molar-refractivity contribution in [3.63, 3.8) is 0 Å². The van der Waals surface area contributed by atoms with Gasteiger partial charge in [-0.3, -0.25) is 14.9 Å². The second-order valence-corrected chi connectivity index (χ2v) is 6.05. The van der Waals surface area contributed by atoms with E-state index in [2.05, 4.69) is 5.32 Å². The third kappa shape index (κ3) is 5.70. The topological polar surface area (TPSA) is 152 Å². The van der Waals surface area contributed by atoms with Crippen LogP contribution in [0.25, 0.3) is 6.08 Å². The molecule has 0 unspecified atom stereocenters. The van der Waals surface area contributed by atoms with Crippen LogP contribution in [0.1, 0.15) is 5.56 Å². The third-order valence-electron chi connectivity index (χ3n) is 3.62. The quantitative estimate of drug-likeness (QED) is 0.279. The van der Waals surface area contributed by atoms with Gasteiger partial charge in [0.1, 0.15) is 11.6 Å². The highest BCUT2D eigenvalue weighted by molar-refractivity contribution is 6.34. The number of amides is 1. The number of non-ortho nitro benzene ring substituents is 1. The molecule has 30 heavy (non-hydrogen) atoms. The summed E-state index contributed by atoms with van der Waals surface area (Å²) in [6.07, 6.45) is 1.25. The number of halogens is 1. The van der Waals surface area contributed by atoms with Gasteiger partial charge in [-0.1, -0.05) is 17.7 Å². The number of carboxylic acid groups (broad SMARTS) is 1. The van der Waals surface area contributed by atoms with Crippen LogP contribution in [0, 0.1) is 21.4 Å². The normalized spacial score (nSPS) is 10.6. The summed E-state index contributed by atoms with van der Waals surface area (Å²) in [6.45, 7) is -0.568. The number of rotatable bonds is 8. The minimum absolute atomic E-state index is 0.0213. The van der Waals surface area contributed by atoms with Crippen molar-refractivity contribution in [3.8, 4) is 17.6 Å². The smallest absolute Gasteiger partial charge is 0.341 e. The lowest BCUT2D eigenvalue weighted by Gasteiger charge is -2.10. The van der Waals surface area contributed by atoms with Gasteiger partial charge in [0.05, 0.1) is 22.7 Å². The van der Waals surface area contributed by atoms with Gasteiger partial charge >= 0.3 is 5.97 Å². The molecule has 10 nitrogen and oxygen atoms in total. The Bertz CT molecular complexity index is 1080. The van der Waals surface area contributed by atoms with Gasteiger partial charge in [-0.15, -0.1) is 0 Å². The van der Waals surface area contributed by atoms with Crippen molar-refractivity contribution in [2.24, 2.45) is 0 Å². The molecule has 0 saturated heterocycles. The minimum Gasteiger partial charge on any atom is -0.493 e. The van der Waals surface area contributed by atoms with E-state index in [1.54, 1.807) is 6.07 Å². The summed E-state index contributed by atoms with van der Waals surface area (Å²) in [6, 6.07) is 9.62. The first-order valence-electron chi connectivity index (χ1n) is 8.15. The standard InChI is InChI=1S/C19H14ClN3O7/c1-29-17-7-11(2-5-16(17)30-10-18(24)25)6-12(9-21)19(26)22-15-8-13(23(27)28)3-4-14(15)20/h2-8H,10H2,1H3,(H,22,26)(H,24,25)/b12-6+. The molecule has 1 amide bonds. The number of benzene rings is 2. The summed E-state index contributed by atoms with van der Waals surface area (Å²) in [5.41, 5.74) is -0.212. The Morgan fingerprint density at radius 3 is 2.63 bits per heavy atom. The predicted octanol–water partition coefficient (Wildman–Crippen LogP) is 3.27. The molecular formula is C19H14ClN3O7. The summed E-state index contributed by atoms with van der Waals surface area (Å²) in [4.78, 5) is 33.3. The first-order chi connectivity index (χ1) is 14.2. The molecule has 0 spiro atoms. The highest BCUT2D eigenvalue weighted by Gasteiger charge is 2.16. The van der Waals surface area contributed by atoms with Gasteiger partial charge in [-0.2, -0.15) is 5.26 Å². The maximum atomic E-state index is 12.4. The summed E-state index contributed by atoms with van der Waals surface area (Å²) in [5, 5.41) is 31.3. The van der Waals surface area contributed by atoms with Gasteiger partial charge in [0.25, 0.3) is 11.6 Å². The zero-order chi connectivity index (χ0) is 22.3. The van der Waals surface area contributed by atoms with Gasteiger partial charge in [0.15, 0.2) is 18.1 Å². The molecular weight excluding hydrogens is 418 g/mol. The second kappa shape index (κ2) is 9.90. The van der Waals surface area contributed by atoms with Crippen molar-refractivity contribution in [1.82, 2.24) is 0 Å². The van der Waals surface area contributed by atoms with Crippen molar-refractivity contribution in [3.05, 3.63) is 62.7 Å². The van der Waals surface area contributed by atoms with E-state index >= 15 is 0 Å². The average molecular weight is 432 g/mol. The lowest BCUT2D eigenvalue weighted by Crippen LogP contribution is -2.14. The number of anilines is 1. The number of nitro groups is 1. The number of carbonyl (C=O) groups excluding carboxylic acids is 1. The monoisotopic (exact) mass is 431 g/mol. The zero-order valence-corrected chi connectivity index (χ0v) is 16.2. The largest absolute Gasteiger partial charge is 0.493 e. The van der Waals surface area contributed by atoms with Gasteiger partial charge < -0.3 is 19.9 Å². The van der Waals surface area contributed by atoms with E-state index in [1.165, 1.54) is 43.5 Å². The van der Waals surface area contributed by atoms with Crippen LogP contribution in [0.3, 0.4) is 0 Å². The first-order valence-corrected chi connectivity index (χ1v) is 8.52. The number of aliphatic carboxylic acids is 1. The number of nitriles is 1. The van der Waals surface area contributed by atoms with Crippen LogP contribution in [0.4, 0.5) is 11.4 Å². The highest BCUT2D eigenvalue weighted by Crippen LogP contribution is 2.30. The van der Waals surface area contributed by atoms with Gasteiger partial charge in [-0.25, -0.2) is 4.79 Å². The fraction of sp³-hybridized carbons (Fsp3) is 0.105. The highest BCUT2D eigenvalue weighted by atomic mass is 35.5. The number of nitrogens with one attached hydrogen (secondary N) is 1. The van der Waals surface area contributed by atoms with Crippen LogP contribution in [0.15, 0.2) is 42.0 Å². The third-order valence-corrected chi connectivity index (χ3v) is 3.95. The maximum Gasteiger partial charge on any atom is 0.341 e. The molecule has 0 atom stereocenters. The summed E-state index contributed by atoms with van der Waals surface area (Å²) in [5.74, 6) is -1.62. The number of carboxylic acids is 1. The summed E-state index contributed by atoms with van der Waals surface area (Å²) >= 11 is 5.95. The zero-order valence-electron chi connectivity index (χ0n) is 15.4. The fourth-order valence-electron chi connectivity index (χ4n) is 2.26. The molecule has 0 aliphatic heterocycles. The Labute approximate surface area is 175 Å². The Hall–Kier alpha value is -4.10. The molecule has 0 radical (unpaired) electrons. The van der Waals surface area contributed by atoms with E-state index in [1.807, 2.05) is 0 Å². The molecule has 0 bridgehead atoms. The molecule has 2 aromatic carbocycles. The van der Waals surface area contributed by atoms with Crippen molar-refractivity contribution in [2.45, 2.75) is 0 Å². The van der Waals surface area contributed by atoms with E-state index < -0.39 is 23.4 Å². The Balaban J connectivity index is 2.28. The van der Waals surface area contributed by atoms with Crippen LogP contribution in [0.5, 0.6) is 11.5 Å². The van der Waals surface area contributed by atoms with Crippen LogP contribution in [0.2, 0.25) is 5.02 Å². The Kier molecular flexibility index (Phi) is 7.32. The maximum absolute atomic E-state index is 12.4. The Morgan fingerprint density at radius 1 is 1.30 bits per heavy atom. The summed E-state index contributed by atoms with van der Waals surface area (Å²) in [7, 11) is 1.35. The van der Waals surface area contributed by atoms with Crippen molar-refractivity contribution in [1.29, 1.82) is 5.26 Å². The molecule has 11 heteroatoms. The van der Waals surface area contributed by atoms with Gasteiger partial charge in [0, 0.05) is 12.1 Å². The number of nitro benzene ring substituents is 1. The molecule has 0 saturated carbocycles. The average Bonchev–Trinajstić information content (AvgIpc) is 2.71. The van der Waals surface area contributed by atoms with Crippen molar-refractivity contribution < 1.29 is 29.1 Å². The van der Waals surface area contributed by atoms with Crippen LogP contribution in [-0.2, 0) is 9.59 Å². The van der Waals surface area contributed by atoms with Crippen LogP contribution < -0.4 is 14.8 Å². The number of hydrogen-bond acceptors (Lipinski definition) is 7. The molecule has 0 aliphatic carbocycles. The molecule has 2 N–H and O–H groups in total. The van der Waals surface area contributed by atoms with E-state index in [0.717, 1.165) is 6.07 Å². The predicted molar refractivity (Wildman–Crippen MR) is 106 cm³/mol. The lowest BCUT2D eigenvalue weighted by atomic mass is 10.1. The molecule has 2 aromatic rings. The molecule has 0 fully saturated rings. The number of hydrogen-bond donors (Lipinski definition) is 2. The van der Waals surface area contributed by atoms with E-state index in [0.29, 0.717) is 5.56 Å². The second-order valence-electron chi connectivity index (χ2n) is 5.64. The van der Waals surface area contributed by atoms with Crippen molar-refractivity contribution in [2.75, 3.05) is 19.0 Å². The molecule has 0 heterocycles. The van der Waals surface area contributed by atoms with Crippen LogP contribution in [-0.4, -0.2) is 35.6 Å². The van der Waals surface area contributed by atoms with Gasteiger partial charge in [0.2, 0.25) is 0 Å². The molecule has 2 rings (SSSR count). The molecule has 0 aliphatic rings. The molecule has 154 valence electrons. The van der Waals surface area contributed by atoms with E-state index in [9.17, 15) is 25.0 Å². The summed E-state index contributed by atoms with van der Waals surface area (Å²) < 4.78 is 10.2. The number of carbonyl (C=O) groups is 2. The fourth-order valence-corrected chi connectivity index (χ4v) is 2.43. The number of methoxy groups -OCH3 is 1. The first kappa shape index (κ1) is 22.2. The van der Waals surface area contributed by atoms with Crippen molar-refractivity contribution >= 4 is 40.9 Å². The Morgan fingerprint density at radius 2 is 2.03 bits per heavy atom. The minimum atomic E-state index is -1.16.